The number of hydrogen-bond acceptors (Lipinski definition) is 4. The summed E-state index contributed by atoms with van der Waals surface area (Å²) in [6, 6.07) is 17.5. The number of benzene rings is 2. The number of methoxy groups -OCH3 is 1. The lowest BCUT2D eigenvalue weighted by atomic mass is 10.1. The predicted molar refractivity (Wildman–Crippen MR) is 113 cm³/mol. The molecule has 2 N–H and O–H groups in total. The first-order valence-electron chi connectivity index (χ1n) is 8.78. The van der Waals surface area contributed by atoms with Crippen LogP contribution in [0.3, 0.4) is 0 Å². The third-order valence-corrected chi connectivity index (χ3v) is 4.56. The van der Waals surface area contributed by atoms with Crippen molar-refractivity contribution in [1.82, 2.24) is 10.6 Å². The van der Waals surface area contributed by atoms with Crippen molar-refractivity contribution in [2.24, 2.45) is 0 Å². The summed E-state index contributed by atoms with van der Waals surface area (Å²) >= 11 is 3.38. The van der Waals surface area contributed by atoms with Gasteiger partial charge in [0.1, 0.15) is 17.2 Å². The van der Waals surface area contributed by atoms with E-state index >= 15 is 0 Å². The molecule has 0 aliphatic carbocycles. The average Bonchev–Trinajstić information content (AvgIpc) is 3.26. The maximum absolute atomic E-state index is 12.7. The van der Waals surface area contributed by atoms with Gasteiger partial charge >= 0.3 is 0 Å². The molecule has 1 heterocycles. The van der Waals surface area contributed by atoms with E-state index in [1.165, 1.54) is 6.26 Å². The molecule has 0 spiro atoms. The summed E-state index contributed by atoms with van der Waals surface area (Å²) in [5.41, 5.74) is 1.30. The van der Waals surface area contributed by atoms with E-state index in [4.69, 9.17) is 9.15 Å². The van der Waals surface area contributed by atoms with Gasteiger partial charge < -0.3 is 19.8 Å². The predicted octanol–water partition coefficient (Wildman–Crippen LogP) is 4.14. The molecule has 3 aromatic rings. The Morgan fingerprint density at radius 1 is 1.07 bits per heavy atom. The quantitative estimate of drug-likeness (QED) is 0.525. The van der Waals surface area contributed by atoms with Crippen LogP contribution in [-0.2, 0) is 11.3 Å². The zero-order valence-electron chi connectivity index (χ0n) is 15.6. The topological polar surface area (TPSA) is 80.6 Å². The number of carbonyl (C=O) groups is 2. The van der Waals surface area contributed by atoms with E-state index in [0.717, 1.165) is 10.0 Å². The van der Waals surface area contributed by atoms with Crippen LogP contribution < -0.4 is 15.4 Å². The Kier molecular flexibility index (Phi) is 6.86. The average molecular weight is 455 g/mol. The molecule has 0 aliphatic heterocycles. The summed E-state index contributed by atoms with van der Waals surface area (Å²) < 4.78 is 11.3. The third-order valence-electron chi connectivity index (χ3n) is 4.03. The molecule has 7 heteroatoms. The van der Waals surface area contributed by atoms with E-state index in [9.17, 15) is 9.59 Å². The van der Waals surface area contributed by atoms with E-state index in [1.807, 2.05) is 24.3 Å². The fourth-order valence-electron chi connectivity index (χ4n) is 2.50. The van der Waals surface area contributed by atoms with Crippen molar-refractivity contribution in [3.8, 4) is 5.75 Å². The number of furan rings is 1. The molecule has 3 rings (SSSR count). The zero-order chi connectivity index (χ0) is 20.6. The van der Waals surface area contributed by atoms with Gasteiger partial charge in [0.05, 0.1) is 19.9 Å². The van der Waals surface area contributed by atoms with Crippen LogP contribution >= 0.6 is 15.9 Å². The molecule has 0 aliphatic rings. The lowest BCUT2D eigenvalue weighted by Gasteiger charge is -2.11. The number of nitrogens with one attached hydrogen (secondary N) is 2. The lowest BCUT2D eigenvalue weighted by molar-refractivity contribution is -0.118. The number of hydrogen-bond donors (Lipinski definition) is 2. The summed E-state index contributed by atoms with van der Waals surface area (Å²) in [6.45, 7) is 0.210. The zero-order valence-corrected chi connectivity index (χ0v) is 17.2. The largest absolute Gasteiger partial charge is 0.497 e. The minimum atomic E-state index is -0.425. The Morgan fingerprint density at radius 3 is 2.41 bits per heavy atom. The Morgan fingerprint density at radius 2 is 1.79 bits per heavy atom. The highest BCUT2D eigenvalue weighted by Gasteiger charge is 2.15. The minimum absolute atomic E-state index is 0.125. The molecule has 2 amide bonds. The van der Waals surface area contributed by atoms with E-state index in [-0.39, 0.29) is 12.2 Å². The van der Waals surface area contributed by atoms with Crippen LogP contribution in [-0.4, -0.2) is 18.9 Å². The van der Waals surface area contributed by atoms with Gasteiger partial charge in [0.2, 0.25) is 0 Å². The Labute approximate surface area is 176 Å². The molecule has 1 aromatic heterocycles. The molecule has 0 bridgehead atoms. The number of rotatable bonds is 7. The van der Waals surface area contributed by atoms with E-state index in [0.29, 0.717) is 17.1 Å². The van der Waals surface area contributed by atoms with Crippen LogP contribution in [0.4, 0.5) is 0 Å². The lowest BCUT2D eigenvalue weighted by Crippen LogP contribution is -2.34. The fourth-order valence-corrected chi connectivity index (χ4v) is 2.76. The van der Waals surface area contributed by atoms with Crippen LogP contribution in [0.1, 0.15) is 21.7 Å². The highest BCUT2D eigenvalue weighted by atomic mass is 79.9. The Balaban J connectivity index is 1.79. The maximum atomic E-state index is 12.7. The molecular weight excluding hydrogens is 436 g/mol. The molecule has 0 saturated carbocycles. The molecular formula is C22H19BrN2O4. The smallest absolute Gasteiger partial charge is 0.268 e. The van der Waals surface area contributed by atoms with Gasteiger partial charge in [0.25, 0.3) is 11.8 Å². The molecule has 0 radical (unpaired) electrons. The van der Waals surface area contributed by atoms with Crippen molar-refractivity contribution in [2.45, 2.75) is 6.54 Å². The molecule has 0 fully saturated rings. The third kappa shape index (κ3) is 5.83. The van der Waals surface area contributed by atoms with Gasteiger partial charge in [0.15, 0.2) is 0 Å². The second-order valence-electron chi connectivity index (χ2n) is 6.05. The fraction of sp³-hybridized carbons (Fsp3) is 0.0909. The minimum Gasteiger partial charge on any atom is -0.497 e. The SMILES string of the molecule is COc1ccc(C(=O)N/C(=C\c2ccc(Br)cc2)C(=O)NCc2ccco2)cc1. The number of carbonyl (C=O) groups excluding carboxylic acids is 2. The van der Waals surface area contributed by atoms with Crippen molar-refractivity contribution in [3.05, 3.63) is 94.0 Å². The number of ether oxygens (including phenoxy) is 1. The van der Waals surface area contributed by atoms with E-state index in [1.54, 1.807) is 49.6 Å². The summed E-state index contributed by atoms with van der Waals surface area (Å²) in [5.74, 6) is 0.432. The van der Waals surface area contributed by atoms with Crippen molar-refractivity contribution in [1.29, 1.82) is 0 Å². The van der Waals surface area contributed by atoms with Gasteiger partial charge in [-0.25, -0.2) is 0 Å². The monoisotopic (exact) mass is 454 g/mol. The second-order valence-corrected chi connectivity index (χ2v) is 6.97. The maximum Gasteiger partial charge on any atom is 0.268 e. The molecule has 29 heavy (non-hydrogen) atoms. The van der Waals surface area contributed by atoms with Gasteiger partial charge in [0, 0.05) is 10.0 Å². The first kappa shape index (κ1) is 20.4. The summed E-state index contributed by atoms with van der Waals surface area (Å²) in [6.07, 6.45) is 3.15. The van der Waals surface area contributed by atoms with Gasteiger partial charge in [-0.2, -0.15) is 0 Å². The normalized spacial score (nSPS) is 11.0. The molecule has 2 aromatic carbocycles. The van der Waals surface area contributed by atoms with Crippen molar-refractivity contribution >= 4 is 33.8 Å². The van der Waals surface area contributed by atoms with E-state index < -0.39 is 11.8 Å². The standard InChI is InChI=1S/C22H19BrN2O4/c1-28-18-10-6-16(7-11-18)21(26)25-20(13-15-4-8-17(23)9-5-15)22(27)24-14-19-3-2-12-29-19/h2-13H,14H2,1H3,(H,24,27)(H,25,26)/b20-13-. The summed E-state index contributed by atoms with van der Waals surface area (Å²) in [4.78, 5) is 25.3. The van der Waals surface area contributed by atoms with Gasteiger partial charge in [-0.1, -0.05) is 28.1 Å². The molecule has 6 nitrogen and oxygen atoms in total. The van der Waals surface area contributed by atoms with E-state index in [2.05, 4.69) is 26.6 Å². The van der Waals surface area contributed by atoms with Crippen molar-refractivity contribution in [3.63, 3.8) is 0 Å². The van der Waals surface area contributed by atoms with Gasteiger partial charge in [-0.15, -0.1) is 0 Å². The summed E-state index contributed by atoms with van der Waals surface area (Å²) in [5, 5.41) is 5.44. The Hall–Kier alpha value is -3.32. The van der Waals surface area contributed by atoms with Crippen molar-refractivity contribution in [2.75, 3.05) is 7.11 Å². The summed E-state index contributed by atoms with van der Waals surface area (Å²) in [7, 11) is 1.55. The van der Waals surface area contributed by atoms with Gasteiger partial charge in [-0.3, -0.25) is 9.59 Å². The first-order valence-corrected chi connectivity index (χ1v) is 9.57. The first-order chi connectivity index (χ1) is 14.0. The molecule has 0 unspecified atom stereocenters. The number of amides is 2. The number of halogens is 1. The van der Waals surface area contributed by atoms with Crippen molar-refractivity contribution < 1.29 is 18.7 Å². The van der Waals surface area contributed by atoms with Crippen LogP contribution in [0.5, 0.6) is 5.75 Å². The van der Waals surface area contributed by atoms with Crippen LogP contribution in [0.2, 0.25) is 0 Å². The molecule has 0 saturated heterocycles. The van der Waals surface area contributed by atoms with Crippen LogP contribution in [0.25, 0.3) is 6.08 Å². The highest BCUT2D eigenvalue weighted by molar-refractivity contribution is 9.10. The van der Waals surface area contributed by atoms with Gasteiger partial charge in [-0.05, 0) is 60.2 Å². The Bertz CT molecular complexity index is 994. The van der Waals surface area contributed by atoms with Crippen LogP contribution in [0.15, 0.2) is 81.5 Å². The second kappa shape index (κ2) is 9.75. The molecule has 0 atom stereocenters. The molecule has 148 valence electrons. The van der Waals surface area contributed by atoms with Crippen LogP contribution in [0, 0.1) is 0 Å². The highest BCUT2D eigenvalue weighted by Crippen LogP contribution is 2.14.